The summed E-state index contributed by atoms with van der Waals surface area (Å²) < 4.78 is 43.7. The number of hydrogen-bond donors (Lipinski definition) is 1. The largest absolute Gasteiger partial charge is 0.494 e. The van der Waals surface area contributed by atoms with E-state index in [0.29, 0.717) is 17.2 Å². The fourth-order valence-electron chi connectivity index (χ4n) is 2.50. The third-order valence-corrected chi connectivity index (χ3v) is 4.75. The van der Waals surface area contributed by atoms with Gasteiger partial charge in [-0.15, -0.1) is 11.3 Å². The van der Waals surface area contributed by atoms with Gasteiger partial charge in [-0.1, -0.05) is 12.1 Å². The fourth-order valence-corrected chi connectivity index (χ4v) is 3.31. The van der Waals surface area contributed by atoms with Crippen molar-refractivity contribution in [1.29, 1.82) is 0 Å². The molecule has 0 aliphatic rings. The van der Waals surface area contributed by atoms with Crippen LogP contribution in [0, 0.1) is 0 Å². The van der Waals surface area contributed by atoms with Crippen molar-refractivity contribution >= 4 is 17.2 Å². The maximum Gasteiger partial charge on any atom is 0.416 e. The highest BCUT2D eigenvalue weighted by Gasteiger charge is 2.30. The Morgan fingerprint density at radius 3 is 2.61 bits per heavy atom. The van der Waals surface area contributed by atoms with Gasteiger partial charge in [0.25, 0.3) is 5.91 Å². The van der Waals surface area contributed by atoms with Gasteiger partial charge < -0.3 is 10.1 Å². The van der Waals surface area contributed by atoms with Crippen molar-refractivity contribution in [1.82, 2.24) is 10.3 Å². The molecule has 1 aromatic heterocycles. The Morgan fingerprint density at radius 2 is 1.93 bits per heavy atom. The molecule has 28 heavy (non-hydrogen) atoms. The van der Waals surface area contributed by atoms with Crippen LogP contribution in [0.2, 0.25) is 0 Å². The van der Waals surface area contributed by atoms with Crippen molar-refractivity contribution in [2.45, 2.75) is 19.6 Å². The number of halogens is 3. The number of benzene rings is 2. The van der Waals surface area contributed by atoms with Gasteiger partial charge in [0.1, 0.15) is 16.5 Å². The SMILES string of the molecule is CCOc1ccc(-c2nc(C(=O)NCc3cccc(C(F)(F)F)c3)cs2)cc1. The molecule has 0 saturated heterocycles. The lowest BCUT2D eigenvalue weighted by molar-refractivity contribution is -0.137. The topological polar surface area (TPSA) is 51.2 Å². The van der Waals surface area contributed by atoms with Crippen LogP contribution in [0.25, 0.3) is 10.6 Å². The molecule has 0 bridgehead atoms. The number of rotatable bonds is 6. The number of thiazole rings is 1. The molecule has 1 heterocycles. The van der Waals surface area contributed by atoms with Crippen LogP contribution >= 0.6 is 11.3 Å². The number of ether oxygens (including phenoxy) is 1. The summed E-state index contributed by atoms with van der Waals surface area (Å²) in [5.41, 5.74) is 0.696. The molecule has 2 aromatic carbocycles. The van der Waals surface area contributed by atoms with Crippen molar-refractivity contribution in [2.24, 2.45) is 0 Å². The third-order valence-electron chi connectivity index (χ3n) is 3.86. The zero-order chi connectivity index (χ0) is 20.1. The number of amides is 1. The van der Waals surface area contributed by atoms with Crippen LogP contribution in [0.5, 0.6) is 5.75 Å². The van der Waals surface area contributed by atoms with E-state index in [1.807, 2.05) is 31.2 Å². The van der Waals surface area contributed by atoms with Crippen LogP contribution in [0.4, 0.5) is 13.2 Å². The molecule has 0 aliphatic heterocycles. The maximum atomic E-state index is 12.8. The van der Waals surface area contributed by atoms with E-state index in [4.69, 9.17) is 4.74 Å². The first-order valence-electron chi connectivity index (χ1n) is 8.50. The number of carbonyl (C=O) groups is 1. The minimum atomic E-state index is -4.42. The number of carbonyl (C=O) groups excluding carboxylic acids is 1. The number of nitrogens with zero attached hydrogens (tertiary/aromatic N) is 1. The van der Waals surface area contributed by atoms with E-state index in [9.17, 15) is 18.0 Å². The Bertz CT molecular complexity index is 953. The molecule has 146 valence electrons. The molecule has 3 rings (SSSR count). The quantitative estimate of drug-likeness (QED) is 0.615. The lowest BCUT2D eigenvalue weighted by Gasteiger charge is -2.09. The van der Waals surface area contributed by atoms with E-state index >= 15 is 0 Å². The fraction of sp³-hybridized carbons (Fsp3) is 0.200. The highest BCUT2D eigenvalue weighted by Crippen LogP contribution is 2.29. The standard InChI is InChI=1S/C20H17F3N2O2S/c1-2-27-16-8-6-14(7-9-16)19-25-17(12-28-19)18(26)24-11-13-4-3-5-15(10-13)20(21,22)23/h3-10,12H,2,11H2,1H3,(H,24,26). The monoisotopic (exact) mass is 406 g/mol. The number of nitrogens with one attached hydrogen (secondary N) is 1. The van der Waals surface area contributed by atoms with Crippen molar-refractivity contribution in [3.63, 3.8) is 0 Å². The molecule has 8 heteroatoms. The Labute approximate surface area is 164 Å². The lowest BCUT2D eigenvalue weighted by Crippen LogP contribution is -2.23. The molecular weight excluding hydrogens is 389 g/mol. The van der Waals surface area contributed by atoms with Crippen molar-refractivity contribution < 1.29 is 22.7 Å². The molecule has 0 saturated carbocycles. The van der Waals surface area contributed by atoms with E-state index in [-0.39, 0.29) is 12.2 Å². The highest BCUT2D eigenvalue weighted by molar-refractivity contribution is 7.13. The van der Waals surface area contributed by atoms with Crippen molar-refractivity contribution in [2.75, 3.05) is 6.61 Å². The normalized spacial score (nSPS) is 11.3. The Kier molecular flexibility index (Phi) is 5.99. The van der Waals surface area contributed by atoms with Crippen LogP contribution < -0.4 is 10.1 Å². The third kappa shape index (κ3) is 4.89. The van der Waals surface area contributed by atoms with Crippen LogP contribution in [0.15, 0.2) is 53.9 Å². The predicted octanol–water partition coefficient (Wildman–Crippen LogP) is 5.16. The molecule has 1 amide bonds. The summed E-state index contributed by atoms with van der Waals surface area (Å²) in [6.45, 7) is 2.46. The molecule has 0 spiro atoms. The zero-order valence-corrected chi connectivity index (χ0v) is 15.7. The van der Waals surface area contributed by atoms with E-state index in [0.717, 1.165) is 23.4 Å². The Morgan fingerprint density at radius 1 is 1.18 bits per heavy atom. The number of alkyl halides is 3. The van der Waals surface area contributed by atoms with E-state index in [2.05, 4.69) is 10.3 Å². The summed E-state index contributed by atoms with van der Waals surface area (Å²) in [7, 11) is 0. The highest BCUT2D eigenvalue weighted by atomic mass is 32.1. The van der Waals surface area contributed by atoms with Gasteiger partial charge in [0.05, 0.1) is 12.2 Å². The van der Waals surface area contributed by atoms with E-state index < -0.39 is 17.6 Å². The number of aromatic nitrogens is 1. The Hall–Kier alpha value is -2.87. The minimum absolute atomic E-state index is 0.0152. The predicted molar refractivity (Wildman–Crippen MR) is 101 cm³/mol. The minimum Gasteiger partial charge on any atom is -0.494 e. The van der Waals surface area contributed by atoms with E-state index in [1.54, 1.807) is 5.38 Å². The molecule has 0 unspecified atom stereocenters. The molecule has 0 aliphatic carbocycles. The summed E-state index contributed by atoms with van der Waals surface area (Å²) in [6, 6.07) is 12.2. The van der Waals surface area contributed by atoms with Gasteiger partial charge in [0, 0.05) is 17.5 Å². The Balaban J connectivity index is 1.64. The van der Waals surface area contributed by atoms with Crippen LogP contribution in [0.1, 0.15) is 28.5 Å². The molecule has 4 nitrogen and oxygen atoms in total. The molecule has 0 atom stereocenters. The van der Waals surface area contributed by atoms with Gasteiger partial charge in [-0.05, 0) is 48.9 Å². The lowest BCUT2D eigenvalue weighted by atomic mass is 10.1. The van der Waals surface area contributed by atoms with Gasteiger partial charge in [0.15, 0.2) is 0 Å². The number of hydrogen-bond acceptors (Lipinski definition) is 4. The zero-order valence-electron chi connectivity index (χ0n) is 14.9. The summed E-state index contributed by atoms with van der Waals surface area (Å²) in [6.07, 6.45) is -4.42. The molecular formula is C20H17F3N2O2S. The molecule has 0 radical (unpaired) electrons. The molecule has 3 aromatic rings. The summed E-state index contributed by atoms with van der Waals surface area (Å²) >= 11 is 1.32. The second kappa shape index (κ2) is 8.43. The first-order chi connectivity index (χ1) is 13.4. The average Bonchev–Trinajstić information content (AvgIpc) is 3.17. The summed E-state index contributed by atoms with van der Waals surface area (Å²) in [5.74, 6) is 0.313. The second-order valence-electron chi connectivity index (χ2n) is 5.88. The second-order valence-corrected chi connectivity index (χ2v) is 6.73. The summed E-state index contributed by atoms with van der Waals surface area (Å²) in [5, 5.41) is 4.89. The van der Waals surface area contributed by atoms with Gasteiger partial charge in [0.2, 0.25) is 0 Å². The van der Waals surface area contributed by atoms with Crippen molar-refractivity contribution in [3.05, 3.63) is 70.7 Å². The van der Waals surface area contributed by atoms with E-state index in [1.165, 1.54) is 23.5 Å². The van der Waals surface area contributed by atoms with Gasteiger partial charge in [-0.25, -0.2) is 4.98 Å². The first kappa shape index (κ1) is 19.9. The molecule has 0 fully saturated rings. The van der Waals surface area contributed by atoms with Gasteiger partial charge in [-0.2, -0.15) is 13.2 Å². The van der Waals surface area contributed by atoms with Crippen LogP contribution in [0.3, 0.4) is 0 Å². The van der Waals surface area contributed by atoms with Crippen LogP contribution in [-0.2, 0) is 12.7 Å². The first-order valence-corrected chi connectivity index (χ1v) is 9.38. The van der Waals surface area contributed by atoms with Crippen LogP contribution in [-0.4, -0.2) is 17.5 Å². The maximum absolute atomic E-state index is 12.8. The smallest absolute Gasteiger partial charge is 0.416 e. The van der Waals surface area contributed by atoms with Gasteiger partial charge in [-0.3, -0.25) is 4.79 Å². The average molecular weight is 406 g/mol. The summed E-state index contributed by atoms with van der Waals surface area (Å²) in [4.78, 5) is 16.6. The van der Waals surface area contributed by atoms with Gasteiger partial charge >= 0.3 is 6.18 Å². The van der Waals surface area contributed by atoms with Crippen molar-refractivity contribution in [3.8, 4) is 16.3 Å². The molecule has 1 N–H and O–H groups in total.